The maximum atomic E-state index is 12.9. The molecule has 0 atom stereocenters. The summed E-state index contributed by atoms with van der Waals surface area (Å²) in [7, 11) is 0. The minimum Gasteiger partial charge on any atom is -0.494 e. The lowest BCUT2D eigenvalue weighted by atomic mass is 9.93. The highest BCUT2D eigenvalue weighted by Crippen LogP contribution is 2.26. The van der Waals surface area contributed by atoms with Gasteiger partial charge in [-0.05, 0) is 69.1 Å². The first-order chi connectivity index (χ1) is 15.1. The third-order valence-corrected chi connectivity index (χ3v) is 7.11. The van der Waals surface area contributed by atoms with Crippen molar-refractivity contribution in [3.8, 4) is 5.75 Å². The van der Waals surface area contributed by atoms with Crippen LogP contribution >= 0.6 is 12.2 Å². The number of rotatable bonds is 6. The van der Waals surface area contributed by atoms with Gasteiger partial charge in [-0.15, -0.1) is 0 Å². The van der Waals surface area contributed by atoms with Crippen LogP contribution < -0.4 is 15.6 Å². The number of H-pyrrole nitrogens is 1. The van der Waals surface area contributed by atoms with Crippen LogP contribution in [0.5, 0.6) is 5.75 Å². The molecule has 2 aliphatic carbocycles. The minimum atomic E-state index is -0.0297. The summed E-state index contributed by atoms with van der Waals surface area (Å²) >= 11 is 5.91. The molecule has 2 saturated carbocycles. The smallest absolute Gasteiger partial charge is 0.253 e. The van der Waals surface area contributed by atoms with Crippen LogP contribution in [0.25, 0.3) is 10.9 Å². The van der Waals surface area contributed by atoms with Gasteiger partial charge in [-0.2, -0.15) is 0 Å². The molecular formula is C25H35N3O2S. The Hall–Kier alpha value is -2.08. The second-order valence-corrected chi connectivity index (χ2v) is 9.40. The van der Waals surface area contributed by atoms with E-state index >= 15 is 0 Å². The first-order valence-corrected chi connectivity index (χ1v) is 12.4. The zero-order valence-electron chi connectivity index (χ0n) is 18.6. The van der Waals surface area contributed by atoms with E-state index in [1.54, 1.807) is 0 Å². The molecule has 2 fully saturated rings. The predicted molar refractivity (Wildman–Crippen MR) is 131 cm³/mol. The molecule has 0 saturated heterocycles. The SMILES string of the molecule is CCOc1ccc2[nH]c(=O)c(CN(C(=S)NC3CCCCC3)C3CCCCC3)cc2c1. The second-order valence-electron chi connectivity index (χ2n) is 9.01. The van der Waals surface area contributed by atoms with Crippen molar-refractivity contribution in [2.24, 2.45) is 0 Å². The van der Waals surface area contributed by atoms with Crippen molar-refractivity contribution in [1.82, 2.24) is 15.2 Å². The molecule has 2 aliphatic rings. The maximum absolute atomic E-state index is 12.9. The number of hydrogen-bond acceptors (Lipinski definition) is 3. The molecule has 0 bridgehead atoms. The first-order valence-electron chi connectivity index (χ1n) is 12.0. The van der Waals surface area contributed by atoms with Gasteiger partial charge in [0.25, 0.3) is 5.56 Å². The molecule has 0 aliphatic heterocycles. The number of benzene rings is 1. The summed E-state index contributed by atoms with van der Waals surface area (Å²) in [4.78, 5) is 18.2. The molecule has 1 aromatic heterocycles. The van der Waals surface area contributed by atoms with Crippen LogP contribution in [0, 0.1) is 0 Å². The van der Waals surface area contributed by atoms with Gasteiger partial charge in [-0.3, -0.25) is 4.79 Å². The van der Waals surface area contributed by atoms with E-state index in [0.717, 1.165) is 40.2 Å². The molecule has 5 nitrogen and oxygen atoms in total. The van der Waals surface area contributed by atoms with Crippen LogP contribution in [0.4, 0.5) is 0 Å². The number of ether oxygens (including phenoxy) is 1. The Labute approximate surface area is 190 Å². The Morgan fingerprint density at radius 1 is 1.10 bits per heavy atom. The number of aromatic amines is 1. The number of aromatic nitrogens is 1. The average molecular weight is 442 g/mol. The van der Waals surface area contributed by atoms with Crippen LogP contribution in [-0.2, 0) is 6.54 Å². The molecule has 6 heteroatoms. The highest BCUT2D eigenvalue weighted by atomic mass is 32.1. The minimum absolute atomic E-state index is 0.0297. The van der Waals surface area contributed by atoms with E-state index in [9.17, 15) is 4.79 Å². The van der Waals surface area contributed by atoms with E-state index in [2.05, 4.69) is 15.2 Å². The number of hydrogen-bond donors (Lipinski definition) is 2. The van der Waals surface area contributed by atoms with Gasteiger partial charge in [0.15, 0.2) is 5.11 Å². The summed E-state index contributed by atoms with van der Waals surface area (Å²) in [6.07, 6.45) is 12.3. The van der Waals surface area contributed by atoms with Crippen LogP contribution in [0.3, 0.4) is 0 Å². The first kappa shape index (κ1) is 22.1. The number of thiocarbonyl (C=S) groups is 1. The van der Waals surface area contributed by atoms with E-state index in [4.69, 9.17) is 17.0 Å². The lowest BCUT2D eigenvalue weighted by Crippen LogP contribution is -2.50. The topological polar surface area (TPSA) is 57.4 Å². The van der Waals surface area contributed by atoms with Gasteiger partial charge in [-0.1, -0.05) is 38.5 Å². The van der Waals surface area contributed by atoms with Gasteiger partial charge in [0.2, 0.25) is 0 Å². The summed E-state index contributed by atoms with van der Waals surface area (Å²) in [6.45, 7) is 3.15. The second kappa shape index (κ2) is 10.5. The quantitative estimate of drug-likeness (QED) is 0.598. The lowest BCUT2D eigenvalue weighted by molar-refractivity contribution is 0.230. The molecule has 0 spiro atoms. The van der Waals surface area contributed by atoms with E-state index in [1.165, 1.54) is 51.4 Å². The van der Waals surface area contributed by atoms with Crippen molar-refractivity contribution < 1.29 is 4.74 Å². The molecular weight excluding hydrogens is 406 g/mol. The van der Waals surface area contributed by atoms with Crippen LogP contribution in [0.15, 0.2) is 29.1 Å². The number of nitrogens with zero attached hydrogens (tertiary/aromatic N) is 1. The van der Waals surface area contributed by atoms with Crippen LogP contribution in [-0.4, -0.2) is 33.7 Å². The monoisotopic (exact) mass is 441 g/mol. The Bertz CT molecular complexity index is 945. The van der Waals surface area contributed by atoms with Crippen molar-refractivity contribution >= 4 is 28.2 Å². The summed E-state index contributed by atoms with van der Waals surface area (Å²) in [5.41, 5.74) is 1.57. The fourth-order valence-corrected chi connectivity index (χ4v) is 5.43. The normalized spacial score (nSPS) is 18.1. The van der Waals surface area contributed by atoms with Crippen LogP contribution in [0.1, 0.15) is 76.7 Å². The number of pyridine rings is 1. The third kappa shape index (κ3) is 5.59. The Morgan fingerprint density at radius 2 is 1.81 bits per heavy atom. The molecule has 4 rings (SSSR count). The fraction of sp³-hybridized carbons (Fsp3) is 0.600. The van der Waals surface area contributed by atoms with Crippen molar-refractivity contribution in [3.05, 3.63) is 40.2 Å². The molecule has 0 amide bonds. The van der Waals surface area contributed by atoms with Crippen LogP contribution in [0.2, 0.25) is 0 Å². The lowest BCUT2D eigenvalue weighted by Gasteiger charge is -2.38. The van der Waals surface area contributed by atoms with Crippen molar-refractivity contribution in [2.75, 3.05) is 6.61 Å². The molecule has 1 aromatic carbocycles. The highest BCUT2D eigenvalue weighted by molar-refractivity contribution is 7.80. The van der Waals surface area contributed by atoms with Gasteiger partial charge < -0.3 is 19.9 Å². The van der Waals surface area contributed by atoms with Crippen molar-refractivity contribution in [2.45, 2.75) is 89.8 Å². The molecule has 2 N–H and O–H groups in total. The summed E-state index contributed by atoms with van der Waals surface area (Å²) in [6, 6.07) is 8.70. The van der Waals surface area contributed by atoms with E-state index < -0.39 is 0 Å². The standard InChI is InChI=1S/C25H35N3O2S/c1-2-30-22-13-14-23-18(16-22)15-19(24(29)27-23)17-28(21-11-7-4-8-12-21)25(31)26-20-9-5-3-6-10-20/h13-16,20-21H,2-12,17H2,1H3,(H,26,31)(H,27,29). The van der Waals surface area contributed by atoms with Crippen molar-refractivity contribution in [1.29, 1.82) is 0 Å². The Morgan fingerprint density at radius 3 is 2.52 bits per heavy atom. The molecule has 2 aromatic rings. The summed E-state index contributed by atoms with van der Waals surface area (Å²) in [5.74, 6) is 0.826. The summed E-state index contributed by atoms with van der Waals surface area (Å²) < 4.78 is 5.65. The largest absolute Gasteiger partial charge is 0.494 e. The number of fused-ring (bicyclic) bond motifs is 1. The third-order valence-electron chi connectivity index (χ3n) is 6.75. The van der Waals surface area contributed by atoms with E-state index in [1.807, 2.05) is 31.2 Å². The van der Waals surface area contributed by atoms with E-state index in [0.29, 0.717) is 25.2 Å². The highest BCUT2D eigenvalue weighted by Gasteiger charge is 2.26. The fourth-order valence-electron chi connectivity index (χ4n) is 5.05. The van der Waals surface area contributed by atoms with Crippen molar-refractivity contribution in [3.63, 3.8) is 0 Å². The van der Waals surface area contributed by atoms with Gasteiger partial charge in [-0.25, -0.2) is 0 Å². The Kier molecular flexibility index (Phi) is 7.49. The zero-order chi connectivity index (χ0) is 21.6. The number of nitrogens with one attached hydrogen (secondary N) is 2. The molecule has 0 radical (unpaired) electrons. The van der Waals surface area contributed by atoms with Gasteiger partial charge >= 0.3 is 0 Å². The predicted octanol–water partition coefficient (Wildman–Crippen LogP) is 5.27. The molecule has 0 unspecified atom stereocenters. The van der Waals surface area contributed by atoms with Gasteiger partial charge in [0.05, 0.1) is 13.2 Å². The maximum Gasteiger partial charge on any atom is 0.253 e. The zero-order valence-corrected chi connectivity index (χ0v) is 19.4. The van der Waals surface area contributed by atoms with Gasteiger partial charge in [0, 0.05) is 28.6 Å². The molecule has 1 heterocycles. The molecule has 168 valence electrons. The Balaban J connectivity index is 1.58. The summed E-state index contributed by atoms with van der Waals surface area (Å²) in [5, 5.41) is 5.46. The average Bonchev–Trinajstić information content (AvgIpc) is 2.79. The molecule has 31 heavy (non-hydrogen) atoms. The van der Waals surface area contributed by atoms with E-state index in [-0.39, 0.29) is 5.56 Å². The van der Waals surface area contributed by atoms with Gasteiger partial charge in [0.1, 0.15) is 5.75 Å².